The third-order valence-electron chi connectivity index (χ3n) is 2.95. The molecule has 0 unspecified atom stereocenters. The molecule has 102 valence electrons. The number of carbonyl (C=O) groups excluding carboxylic acids is 1. The summed E-state index contributed by atoms with van der Waals surface area (Å²) in [4.78, 5) is 24.3. The van der Waals surface area contributed by atoms with E-state index in [4.69, 9.17) is 9.84 Å². The molecule has 19 heavy (non-hydrogen) atoms. The van der Waals surface area contributed by atoms with E-state index in [-0.39, 0.29) is 12.5 Å². The van der Waals surface area contributed by atoms with E-state index in [1.807, 2.05) is 25.1 Å². The summed E-state index contributed by atoms with van der Waals surface area (Å²) < 4.78 is 6.28. The Labute approximate surface area is 124 Å². The lowest BCUT2D eigenvalue weighted by molar-refractivity contribution is -0.159. The van der Waals surface area contributed by atoms with Crippen molar-refractivity contribution in [2.45, 2.75) is 12.5 Å². The molecule has 0 radical (unpaired) electrons. The van der Waals surface area contributed by atoms with Crippen LogP contribution in [0.2, 0.25) is 0 Å². The Bertz CT molecular complexity index is 511. The van der Waals surface area contributed by atoms with Crippen molar-refractivity contribution in [2.24, 2.45) is 0 Å². The molecule has 1 aliphatic rings. The number of amides is 1. The molecular weight excluding hydrogens is 361 g/mol. The van der Waals surface area contributed by atoms with Crippen molar-refractivity contribution in [1.29, 1.82) is 0 Å². The van der Waals surface area contributed by atoms with Crippen LogP contribution in [0.5, 0.6) is 0 Å². The maximum Gasteiger partial charge on any atom is 0.329 e. The largest absolute Gasteiger partial charge is 0.480 e. The van der Waals surface area contributed by atoms with Gasteiger partial charge in [-0.1, -0.05) is 6.07 Å². The van der Waals surface area contributed by atoms with Crippen LogP contribution >= 0.6 is 22.6 Å². The Hall–Kier alpha value is -1.15. The van der Waals surface area contributed by atoms with Crippen molar-refractivity contribution in [1.82, 2.24) is 4.90 Å². The lowest BCUT2D eigenvalue weighted by Crippen LogP contribution is -2.63. The Morgan fingerprint density at radius 2 is 2.16 bits per heavy atom. The molecule has 1 aliphatic heterocycles. The molecule has 5 nitrogen and oxygen atoms in total. The van der Waals surface area contributed by atoms with Crippen LogP contribution in [-0.4, -0.2) is 47.2 Å². The van der Waals surface area contributed by atoms with Crippen LogP contribution in [0.15, 0.2) is 24.3 Å². The molecule has 0 bridgehead atoms. The van der Waals surface area contributed by atoms with Crippen LogP contribution in [0.3, 0.4) is 0 Å². The predicted octanol–water partition coefficient (Wildman–Crippen LogP) is 1.61. The van der Waals surface area contributed by atoms with E-state index in [0.29, 0.717) is 18.7 Å². The van der Waals surface area contributed by atoms with E-state index in [1.54, 1.807) is 11.0 Å². The van der Waals surface area contributed by atoms with Gasteiger partial charge in [-0.2, -0.15) is 0 Å². The van der Waals surface area contributed by atoms with Gasteiger partial charge >= 0.3 is 5.97 Å². The molecule has 1 amide bonds. The summed E-state index contributed by atoms with van der Waals surface area (Å²) in [5.74, 6) is -1.04. The number of hydrogen-bond donors (Lipinski definition) is 1. The zero-order valence-corrected chi connectivity index (χ0v) is 12.6. The molecule has 0 spiro atoms. The predicted molar refractivity (Wildman–Crippen MR) is 77.1 cm³/mol. The average Bonchev–Trinajstić information content (AvgIpc) is 2.32. The fourth-order valence-electron chi connectivity index (χ4n) is 2.04. The van der Waals surface area contributed by atoms with Gasteiger partial charge in [0, 0.05) is 9.13 Å². The first-order valence-corrected chi connectivity index (χ1v) is 6.88. The van der Waals surface area contributed by atoms with Gasteiger partial charge in [0.15, 0.2) is 0 Å². The lowest BCUT2D eigenvalue weighted by atomic mass is 9.95. The number of rotatable bonds is 4. The smallest absolute Gasteiger partial charge is 0.329 e. The molecule has 1 aromatic rings. The van der Waals surface area contributed by atoms with Crippen molar-refractivity contribution < 1.29 is 19.4 Å². The number of carboxylic acids is 1. The highest BCUT2D eigenvalue weighted by molar-refractivity contribution is 14.1. The van der Waals surface area contributed by atoms with Crippen molar-refractivity contribution >= 4 is 34.5 Å². The highest BCUT2D eigenvalue weighted by atomic mass is 127. The zero-order chi connectivity index (χ0) is 14.0. The maximum absolute atomic E-state index is 12.2. The standard InChI is InChI=1S/C13H14INO4/c1-13(19-6-11(16)17)7-15(8-13)12(18)9-3-2-4-10(14)5-9/h2-5H,6-8H2,1H3,(H,16,17). The van der Waals surface area contributed by atoms with Crippen molar-refractivity contribution in [3.63, 3.8) is 0 Å². The van der Waals surface area contributed by atoms with Crippen LogP contribution in [0.25, 0.3) is 0 Å². The summed E-state index contributed by atoms with van der Waals surface area (Å²) in [6, 6.07) is 7.37. The third kappa shape index (κ3) is 3.44. The van der Waals surface area contributed by atoms with Crippen LogP contribution in [0.1, 0.15) is 17.3 Å². The number of carboxylic acid groups (broad SMARTS) is 1. The van der Waals surface area contributed by atoms with Crippen molar-refractivity contribution in [2.75, 3.05) is 19.7 Å². The minimum atomic E-state index is -0.997. The monoisotopic (exact) mass is 375 g/mol. The quantitative estimate of drug-likeness (QED) is 0.813. The van der Waals surface area contributed by atoms with Crippen molar-refractivity contribution in [3.05, 3.63) is 33.4 Å². The molecule has 1 fully saturated rings. The minimum Gasteiger partial charge on any atom is -0.480 e. The summed E-state index contributed by atoms with van der Waals surface area (Å²) in [5, 5.41) is 8.57. The molecule has 0 aromatic heterocycles. The molecule has 0 aliphatic carbocycles. The molecule has 6 heteroatoms. The van der Waals surface area contributed by atoms with Gasteiger partial charge in [0.2, 0.25) is 0 Å². The van der Waals surface area contributed by atoms with Crippen LogP contribution in [-0.2, 0) is 9.53 Å². The van der Waals surface area contributed by atoms with Gasteiger partial charge in [-0.3, -0.25) is 4.79 Å². The lowest BCUT2D eigenvalue weighted by Gasteiger charge is -2.47. The second kappa shape index (κ2) is 5.46. The highest BCUT2D eigenvalue weighted by Crippen LogP contribution is 2.26. The van der Waals surface area contributed by atoms with Crippen LogP contribution < -0.4 is 0 Å². The van der Waals surface area contributed by atoms with E-state index in [1.165, 1.54) is 0 Å². The Kier molecular flexibility index (Phi) is 4.10. The summed E-state index contributed by atoms with van der Waals surface area (Å²) >= 11 is 2.16. The number of benzene rings is 1. The zero-order valence-electron chi connectivity index (χ0n) is 10.4. The molecule has 1 saturated heterocycles. The minimum absolute atomic E-state index is 0.0464. The number of likely N-dealkylation sites (tertiary alicyclic amines) is 1. The number of aliphatic carboxylic acids is 1. The first-order valence-electron chi connectivity index (χ1n) is 5.80. The SMILES string of the molecule is CC1(OCC(=O)O)CN(C(=O)c2cccc(I)c2)C1. The molecule has 1 aromatic carbocycles. The van der Waals surface area contributed by atoms with Crippen LogP contribution in [0.4, 0.5) is 0 Å². The van der Waals surface area contributed by atoms with E-state index >= 15 is 0 Å². The molecular formula is C13H14INO4. The Balaban J connectivity index is 1.93. The topological polar surface area (TPSA) is 66.8 Å². The third-order valence-corrected chi connectivity index (χ3v) is 3.62. The van der Waals surface area contributed by atoms with Crippen LogP contribution in [0, 0.1) is 3.57 Å². The number of nitrogens with zero attached hydrogens (tertiary/aromatic N) is 1. The van der Waals surface area contributed by atoms with Gasteiger partial charge < -0.3 is 14.7 Å². The second-order valence-corrected chi connectivity index (χ2v) is 6.05. The average molecular weight is 375 g/mol. The molecule has 0 atom stereocenters. The van der Waals surface area contributed by atoms with Crippen molar-refractivity contribution in [3.8, 4) is 0 Å². The van der Waals surface area contributed by atoms with E-state index in [9.17, 15) is 9.59 Å². The van der Waals surface area contributed by atoms with Gasteiger partial charge in [-0.25, -0.2) is 4.79 Å². The maximum atomic E-state index is 12.2. The summed E-state index contributed by atoms with van der Waals surface area (Å²) in [6.45, 7) is 2.32. The second-order valence-electron chi connectivity index (χ2n) is 4.80. The number of ether oxygens (including phenoxy) is 1. The molecule has 1 N–H and O–H groups in total. The molecule has 1 heterocycles. The van der Waals surface area contributed by atoms with E-state index in [2.05, 4.69) is 22.6 Å². The number of carbonyl (C=O) groups is 2. The Morgan fingerprint density at radius 3 is 2.74 bits per heavy atom. The van der Waals surface area contributed by atoms with Gasteiger partial charge in [0.05, 0.1) is 13.1 Å². The summed E-state index contributed by atoms with van der Waals surface area (Å²) in [5.41, 5.74) is 0.0999. The molecule has 2 rings (SSSR count). The van der Waals surface area contributed by atoms with Gasteiger partial charge in [-0.05, 0) is 47.7 Å². The normalized spacial score (nSPS) is 16.8. The van der Waals surface area contributed by atoms with E-state index < -0.39 is 11.6 Å². The summed E-state index contributed by atoms with van der Waals surface area (Å²) in [6.07, 6.45) is 0. The Morgan fingerprint density at radius 1 is 1.47 bits per heavy atom. The summed E-state index contributed by atoms with van der Waals surface area (Å²) in [7, 11) is 0. The van der Waals surface area contributed by atoms with Gasteiger partial charge in [-0.15, -0.1) is 0 Å². The van der Waals surface area contributed by atoms with Gasteiger partial charge in [0.1, 0.15) is 12.2 Å². The first kappa shape index (κ1) is 14.3. The number of hydrogen-bond acceptors (Lipinski definition) is 3. The fourth-order valence-corrected chi connectivity index (χ4v) is 2.58. The van der Waals surface area contributed by atoms with Gasteiger partial charge in [0.25, 0.3) is 5.91 Å². The van der Waals surface area contributed by atoms with E-state index in [0.717, 1.165) is 3.57 Å². The number of halogens is 1. The molecule has 0 saturated carbocycles. The highest BCUT2D eigenvalue weighted by Gasteiger charge is 2.42. The first-order chi connectivity index (χ1) is 8.89. The fraction of sp³-hybridized carbons (Fsp3) is 0.385.